The van der Waals surface area contributed by atoms with E-state index < -0.39 is 26.4 Å². The second-order valence-corrected chi connectivity index (χ2v) is 8.13. The van der Waals surface area contributed by atoms with Gasteiger partial charge in [0.25, 0.3) is 5.91 Å². The lowest BCUT2D eigenvalue weighted by Crippen LogP contribution is -3.04. The smallest absolute Gasteiger partial charge is 0.341 e. The van der Waals surface area contributed by atoms with Gasteiger partial charge < -0.3 is 10.2 Å². The first-order chi connectivity index (χ1) is 12.2. The third kappa shape index (κ3) is 5.09. The lowest BCUT2D eigenvalue weighted by Gasteiger charge is -2.09. The predicted molar refractivity (Wildman–Crippen MR) is 93.8 cm³/mol. The first-order valence-electron chi connectivity index (χ1n) is 7.97. The van der Waals surface area contributed by atoms with Crippen molar-refractivity contribution in [2.45, 2.75) is 23.7 Å². The summed E-state index contributed by atoms with van der Waals surface area (Å²) in [5.41, 5.74) is 2.31. The fourth-order valence-corrected chi connectivity index (χ4v) is 3.09. The van der Waals surface area contributed by atoms with Gasteiger partial charge in [-0.2, -0.15) is 8.78 Å². The van der Waals surface area contributed by atoms with Crippen molar-refractivity contribution in [2.75, 3.05) is 14.1 Å². The molecule has 0 saturated carbocycles. The van der Waals surface area contributed by atoms with Crippen molar-refractivity contribution in [1.82, 2.24) is 5.32 Å². The molecule has 8 heteroatoms. The molecule has 0 heterocycles. The van der Waals surface area contributed by atoms with Crippen LogP contribution in [0.15, 0.2) is 53.4 Å². The molecule has 2 aromatic rings. The molecule has 0 aliphatic carbocycles. The molecular formula is C18H21F2N2O3S+. The van der Waals surface area contributed by atoms with E-state index in [0.29, 0.717) is 6.54 Å². The van der Waals surface area contributed by atoms with E-state index >= 15 is 0 Å². The minimum absolute atomic E-state index is 0.200. The van der Waals surface area contributed by atoms with Crippen molar-refractivity contribution in [1.29, 1.82) is 0 Å². The van der Waals surface area contributed by atoms with Gasteiger partial charge in [-0.15, -0.1) is 0 Å². The zero-order valence-corrected chi connectivity index (χ0v) is 15.3. The highest BCUT2D eigenvalue weighted by Crippen LogP contribution is 2.18. The van der Waals surface area contributed by atoms with Crippen LogP contribution in [0.2, 0.25) is 0 Å². The van der Waals surface area contributed by atoms with Gasteiger partial charge in [-0.3, -0.25) is 4.79 Å². The number of sulfone groups is 1. The van der Waals surface area contributed by atoms with Crippen LogP contribution in [0.3, 0.4) is 0 Å². The summed E-state index contributed by atoms with van der Waals surface area (Å²) in [6.45, 7) is 1.21. The van der Waals surface area contributed by atoms with Gasteiger partial charge in [0.2, 0.25) is 9.84 Å². The number of nitrogens with one attached hydrogen (secondary N) is 2. The molecule has 0 unspecified atom stereocenters. The largest absolute Gasteiger partial charge is 0.348 e. The molecule has 0 fully saturated rings. The van der Waals surface area contributed by atoms with Crippen molar-refractivity contribution < 1.29 is 26.9 Å². The Hall–Kier alpha value is -2.32. The fourth-order valence-electron chi connectivity index (χ4n) is 2.37. The fraction of sp³-hybridized carbons (Fsp3) is 0.278. The van der Waals surface area contributed by atoms with Gasteiger partial charge in [-0.25, -0.2) is 8.42 Å². The minimum atomic E-state index is -4.65. The lowest BCUT2D eigenvalue weighted by molar-refractivity contribution is -0.872. The molecule has 2 N–H and O–H groups in total. The first kappa shape index (κ1) is 20.0. The Balaban J connectivity index is 1.98. The Morgan fingerprint density at radius 2 is 1.54 bits per heavy atom. The molecule has 5 nitrogen and oxygen atoms in total. The maximum atomic E-state index is 12.5. The van der Waals surface area contributed by atoms with Gasteiger partial charge in [-0.1, -0.05) is 24.3 Å². The van der Waals surface area contributed by atoms with Gasteiger partial charge in [0, 0.05) is 17.7 Å². The SMILES string of the molecule is C[NH+](C)Cc1ccc(CNC(=O)c2ccc(S(=O)(=O)C(F)F)cc2)cc1. The molecule has 0 aromatic heterocycles. The molecule has 0 aliphatic rings. The van der Waals surface area contributed by atoms with E-state index in [-0.39, 0.29) is 5.56 Å². The third-order valence-corrected chi connectivity index (χ3v) is 5.11. The molecule has 1 amide bonds. The van der Waals surface area contributed by atoms with E-state index in [1.54, 1.807) is 0 Å². The summed E-state index contributed by atoms with van der Waals surface area (Å²) in [4.78, 5) is 12.9. The van der Waals surface area contributed by atoms with E-state index in [1.807, 2.05) is 24.3 Å². The van der Waals surface area contributed by atoms with E-state index in [2.05, 4.69) is 19.4 Å². The van der Waals surface area contributed by atoms with E-state index in [9.17, 15) is 22.0 Å². The van der Waals surface area contributed by atoms with Crippen LogP contribution >= 0.6 is 0 Å². The number of amides is 1. The molecule has 2 aromatic carbocycles. The van der Waals surface area contributed by atoms with Gasteiger partial charge in [0.05, 0.1) is 19.0 Å². The number of halogens is 2. The van der Waals surface area contributed by atoms with Gasteiger partial charge in [0.1, 0.15) is 6.54 Å². The molecule has 0 radical (unpaired) electrons. The molecule has 0 bridgehead atoms. The van der Waals surface area contributed by atoms with Crippen LogP contribution in [0.1, 0.15) is 21.5 Å². The second kappa shape index (κ2) is 8.37. The Labute approximate surface area is 151 Å². The van der Waals surface area contributed by atoms with Gasteiger partial charge in [-0.05, 0) is 29.8 Å². The summed E-state index contributed by atoms with van der Waals surface area (Å²) in [5, 5.41) is 2.71. The Kier molecular flexibility index (Phi) is 6.44. The minimum Gasteiger partial charge on any atom is -0.348 e. The monoisotopic (exact) mass is 383 g/mol. The maximum Gasteiger partial charge on any atom is 0.341 e. The van der Waals surface area contributed by atoms with Crippen molar-refractivity contribution in [2.24, 2.45) is 0 Å². The normalized spacial score (nSPS) is 11.8. The predicted octanol–water partition coefficient (Wildman–Crippen LogP) is 1.26. The summed E-state index contributed by atoms with van der Waals surface area (Å²) in [6.07, 6.45) is 0. The number of quaternary nitrogens is 1. The van der Waals surface area contributed by atoms with Crippen molar-refractivity contribution >= 4 is 15.7 Å². The molecule has 0 saturated heterocycles. The number of rotatable bonds is 7. The van der Waals surface area contributed by atoms with Crippen LogP contribution in [0.5, 0.6) is 0 Å². The Morgan fingerprint density at radius 3 is 2.04 bits per heavy atom. The number of carbonyl (C=O) groups is 1. The van der Waals surface area contributed by atoms with Crippen molar-refractivity contribution in [3.05, 3.63) is 65.2 Å². The topological polar surface area (TPSA) is 67.7 Å². The molecule has 0 aliphatic heterocycles. The van der Waals surface area contributed by atoms with Crippen LogP contribution in [-0.2, 0) is 22.9 Å². The van der Waals surface area contributed by atoms with E-state index in [0.717, 1.165) is 24.2 Å². The van der Waals surface area contributed by atoms with Crippen LogP contribution in [0, 0.1) is 0 Å². The summed E-state index contributed by atoms with van der Waals surface area (Å²) >= 11 is 0. The Morgan fingerprint density at radius 1 is 1.00 bits per heavy atom. The average molecular weight is 383 g/mol. The highest BCUT2D eigenvalue weighted by Gasteiger charge is 2.26. The molecular weight excluding hydrogens is 362 g/mol. The highest BCUT2D eigenvalue weighted by molar-refractivity contribution is 7.91. The number of benzene rings is 2. The zero-order chi connectivity index (χ0) is 19.3. The zero-order valence-electron chi connectivity index (χ0n) is 14.5. The molecule has 0 spiro atoms. The van der Waals surface area contributed by atoms with Crippen LogP contribution in [0.25, 0.3) is 0 Å². The van der Waals surface area contributed by atoms with E-state index in [1.165, 1.54) is 22.6 Å². The number of carbonyl (C=O) groups excluding carboxylic acids is 1. The standard InChI is InChI=1S/C18H20F2N2O3S/c1-22(2)12-14-5-3-13(4-6-14)11-21-17(23)15-7-9-16(10-8-15)26(24,25)18(19)20/h3-10,18H,11-12H2,1-2H3,(H,21,23)/p+1. The lowest BCUT2D eigenvalue weighted by atomic mass is 10.1. The van der Waals surface area contributed by atoms with Crippen LogP contribution in [-0.4, -0.2) is 34.2 Å². The summed E-state index contributed by atoms with van der Waals surface area (Å²) in [7, 11) is -0.531. The number of hydrogen-bond acceptors (Lipinski definition) is 3. The van der Waals surface area contributed by atoms with Crippen LogP contribution in [0.4, 0.5) is 8.78 Å². The molecule has 2 rings (SSSR count). The number of hydrogen-bond donors (Lipinski definition) is 2. The summed E-state index contributed by atoms with van der Waals surface area (Å²) in [5.74, 6) is -3.90. The maximum absolute atomic E-state index is 12.5. The van der Waals surface area contributed by atoms with E-state index in [4.69, 9.17) is 0 Å². The van der Waals surface area contributed by atoms with Crippen molar-refractivity contribution in [3.63, 3.8) is 0 Å². The second-order valence-electron chi connectivity index (χ2n) is 6.21. The highest BCUT2D eigenvalue weighted by atomic mass is 32.2. The van der Waals surface area contributed by atoms with Crippen molar-refractivity contribution in [3.8, 4) is 0 Å². The summed E-state index contributed by atoms with van der Waals surface area (Å²) in [6, 6.07) is 12.3. The average Bonchev–Trinajstić information content (AvgIpc) is 2.60. The Bertz CT molecular complexity index is 849. The van der Waals surface area contributed by atoms with Gasteiger partial charge in [0.15, 0.2) is 0 Å². The quantitative estimate of drug-likeness (QED) is 0.756. The summed E-state index contributed by atoms with van der Waals surface area (Å²) < 4.78 is 47.7. The molecule has 26 heavy (non-hydrogen) atoms. The number of alkyl halides is 2. The molecule has 140 valence electrons. The van der Waals surface area contributed by atoms with Crippen LogP contribution < -0.4 is 10.2 Å². The first-order valence-corrected chi connectivity index (χ1v) is 9.52. The third-order valence-electron chi connectivity index (χ3n) is 3.71. The molecule has 0 atom stereocenters. The van der Waals surface area contributed by atoms with Gasteiger partial charge >= 0.3 is 5.76 Å².